The number of fused-ring (bicyclic) bond motifs is 9. The van der Waals surface area contributed by atoms with E-state index in [1.54, 1.807) is 0 Å². The lowest BCUT2D eigenvalue weighted by Crippen LogP contribution is -2.06. The van der Waals surface area contributed by atoms with Gasteiger partial charge in [-0.1, -0.05) is 206 Å². The van der Waals surface area contributed by atoms with E-state index in [-0.39, 0.29) is 5.92 Å². The highest BCUT2D eigenvalue weighted by Crippen LogP contribution is 2.42. The van der Waals surface area contributed by atoms with Crippen LogP contribution in [0.5, 0.6) is 0 Å². The molecule has 1 unspecified atom stereocenters. The van der Waals surface area contributed by atoms with Crippen molar-refractivity contribution in [3.05, 3.63) is 297 Å². The summed E-state index contributed by atoms with van der Waals surface area (Å²) in [5, 5.41) is 7.40. The van der Waals surface area contributed by atoms with Gasteiger partial charge in [-0.15, -0.1) is 0 Å². The minimum absolute atomic E-state index is 0.0746. The van der Waals surface area contributed by atoms with Gasteiger partial charge in [-0.05, 0) is 108 Å². The highest BCUT2D eigenvalue weighted by Gasteiger charge is 2.23. The third-order valence-electron chi connectivity index (χ3n) is 16.4. The Kier molecular flexibility index (Phi) is 10.9. The standard InChI is InChI=1S/C75H50N6/c1-4-19-50(20-5-1)73-76-74(51-21-6-2-7-22-51)78-75(77-73)56-24-18-23-52(45-56)55-37-42-59(72(48-55)81-68-33-16-10-27-60(68)61-28-11-17-34-69(61)81)49-35-40-58(41-36-49)80-67-32-15-13-30-63(67)65-47-54(39-44-71(65)80)53-38-43-70-64(46-53)62-29-12-14-31-66(62)79(70)57-25-8-3-9-26-57/h1-22,24-48,52H,23H2. The minimum atomic E-state index is 0.0746. The second-order valence-corrected chi connectivity index (χ2v) is 21.1. The number of hydrogen-bond acceptors (Lipinski definition) is 3. The molecule has 0 amide bonds. The molecule has 6 heteroatoms. The van der Waals surface area contributed by atoms with E-state index in [2.05, 4.69) is 262 Å². The molecule has 0 fully saturated rings. The fourth-order valence-electron chi connectivity index (χ4n) is 12.6. The van der Waals surface area contributed by atoms with Crippen LogP contribution in [0, 0.1) is 0 Å². The van der Waals surface area contributed by atoms with Crippen LogP contribution in [-0.2, 0) is 0 Å². The number of hydrogen-bond donors (Lipinski definition) is 0. The van der Waals surface area contributed by atoms with Crippen LogP contribution in [-0.4, -0.2) is 28.7 Å². The Bertz CT molecular complexity index is 4890. The van der Waals surface area contributed by atoms with Gasteiger partial charge in [0.15, 0.2) is 17.5 Å². The Morgan fingerprint density at radius 1 is 0.309 bits per heavy atom. The summed E-state index contributed by atoms with van der Waals surface area (Å²) in [4.78, 5) is 15.2. The third kappa shape index (κ3) is 7.83. The summed E-state index contributed by atoms with van der Waals surface area (Å²) < 4.78 is 7.26. The van der Waals surface area contributed by atoms with E-state index < -0.39 is 0 Å². The van der Waals surface area contributed by atoms with Crippen molar-refractivity contribution in [2.75, 3.05) is 0 Å². The van der Waals surface area contributed by atoms with Gasteiger partial charge in [-0.2, -0.15) is 0 Å². The Morgan fingerprint density at radius 2 is 0.728 bits per heavy atom. The maximum Gasteiger partial charge on any atom is 0.164 e. The zero-order valence-electron chi connectivity index (χ0n) is 44.1. The topological polar surface area (TPSA) is 53.5 Å². The van der Waals surface area contributed by atoms with E-state index in [0.717, 1.165) is 51.3 Å². The van der Waals surface area contributed by atoms with Gasteiger partial charge in [0.05, 0.1) is 38.8 Å². The van der Waals surface area contributed by atoms with E-state index in [1.807, 2.05) is 36.4 Å². The molecule has 81 heavy (non-hydrogen) atoms. The molecule has 1 aliphatic rings. The van der Waals surface area contributed by atoms with Crippen molar-refractivity contribution in [3.8, 4) is 62.1 Å². The molecule has 1 aliphatic carbocycles. The number of aromatic nitrogens is 6. The van der Waals surface area contributed by atoms with Gasteiger partial charge >= 0.3 is 0 Å². The van der Waals surface area contributed by atoms with Crippen LogP contribution in [0.25, 0.3) is 133 Å². The molecule has 0 radical (unpaired) electrons. The number of rotatable bonds is 9. The maximum absolute atomic E-state index is 5.11. The molecule has 1 atom stereocenters. The SMILES string of the molecule is C1=CC(c2nc(-c3ccccc3)nc(-c3ccccc3)n2)=CC(c2ccc(-c3ccc(-n4c5ccccc5c5cc(-c6ccc7c(c6)c6ccccc6n7-c6ccccc6)ccc54)cc3)c(-n3c4ccccc4c4ccccc43)c2)C1. The fourth-order valence-corrected chi connectivity index (χ4v) is 12.6. The number of nitrogens with zero attached hydrogens (tertiary/aromatic N) is 6. The summed E-state index contributed by atoms with van der Waals surface area (Å²) in [6.45, 7) is 0. The van der Waals surface area contributed by atoms with Crippen molar-refractivity contribution in [1.29, 1.82) is 0 Å². The first-order valence-corrected chi connectivity index (χ1v) is 27.8. The zero-order chi connectivity index (χ0) is 53.4. The van der Waals surface area contributed by atoms with Crippen molar-refractivity contribution in [3.63, 3.8) is 0 Å². The van der Waals surface area contributed by atoms with Crippen molar-refractivity contribution < 1.29 is 0 Å². The van der Waals surface area contributed by atoms with Crippen LogP contribution < -0.4 is 0 Å². The van der Waals surface area contributed by atoms with Gasteiger partial charge in [-0.25, -0.2) is 15.0 Å². The normalized spacial score (nSPS) is 13.5. The van der Waals surface area contributed by atoms with Crippen molar-refractivity contribution >= 4 is 71.0 Å². The second-order valence-electron chi connectivity index (χ2n) is 21.1. The van der Waals surface area contributed by atoms with E-state index in [1.165, 1.54) is 82.1 Å². The molecule has 0 bridgehead atoms. The van der Waals surface area contributed by atoms with Crippen LogP contribution in [0.4, 0.5) is 0 Å². The van der Waals surface area contributed by atoms with E-state index in [0.29, 0.717) is 17.5 Å². The first kappa shape index (κ1) is 46.4. The van der Waals surface area contributed by atoms with Crippen molar-refractivity contribution in [1.82, 2.24) is 28.7 Å². The van der Waals surface area contributed by atoms with Gasteiger partial charge < -0.3 is 13.7 Å². The Hall–Kier alpha value is -10.7. The predicted octanol–water partition coefficient (Wildman–Crippen LogP) is 19.0. The molecular weight excluding hydrogens is 985 g/mol. The third-order valence-corrected chi connectivity index (χ3v) is 16.4. The van der Waals surface area contributed by atoms with Crippen LogP contribution in [0.2, 0.25) is 0 Å². The summed E-state index contributed by atoms with van der Waals surface area (Å²) in [6.07, 6.45) is 7.63. The summed E-state index contributed by atoms with van der Waals surface area (Å²) in [6, 6.07) is 96.3. The zero-order valence-corrected chi connectivity index (χ0v) is 44.1. The van der Waals surface area contributed by atoms with E-state index in [4.69, 9.17) is 15.0 Å². The Labute approximate surface area is 468 Å². The molecule has 0 saturated carbocycles. The van der Waals surface area contributed by atoms with Gasteiger partial charge in [0.25, 0.3) is 0 Å². The van der Waals surface area contributed by atoms with E-state index in [9.17, 15) is 0 Å². The molecule has 4 aromatic heterocycles. The van der Waals surface area contributed by atoms with Crippen molar-refractivity contribution in [2.45, 2.75) is 12.3 Å². The summed E-state index contributed by atoms with van der Waals surface area (Å²) in [7, 11) is 0. The molecule has 16 rings (SSSR count). The van der Waals surface area contributed by atoms with Crippen LogP contribution >= 0.6 is 0 Å². The Morgan fingerprint density at radius 3 is 1.26 bits per heavy atom. The molecule has 0 N–H and O–H groups in total. The number of para-hydroxylation sites is 5. The molecule has 0 aliphatic heterocycles. The van der Waals surface area contributed by atoms with Crippen LogP contribution in [0.15, 0.2) is 285 Å². The van der Waals surface area contributed by atoms with Gasteiger partial charge in [-0.3, -0.25) is 0 Å². The van der Waals surface area contributed by atoms with Gasteiger partial charge in [0.1, 0.15) is 0 Å². The van der Waals surface area contributed by atoms with Gasteiger partial charge in [0, 0.05) is 71.9 Å². The summed E-state index contributed by atoms with van der Waals surface area (Å²) >= 11 is 0. The maximum atomic E-state index is 5.11. The molecule has 11 aromatic carbocycles. The first-order chi connectivity index (χ1) is 40.2. The molecule has 0 spiro atoms. The fraction of sp³-hybridized carbons (Fsp3) is 0.0267. The molecule has 4 heterocycles. The molecule has 380 valence electrons. The smallest absolute Gasteiger partial charge is 0.164 e. The number of allylic oxidation sites excluding steroid dienone is 4. The average Bonchev–Trinajstić information content (AvgIpc) is 4.25. The quantitative estimate of drug-likeness (QED) is 0.145. The largest absolute Gasteiger partial charge is 0.309 e. The molecule has 0 saturated heterocycles. The first-order valence-electron chi connectivity index (χ1n) is 27.8. The highest BCUT2D eigenvalue weighted by atomic mass is 15.0. The lowest BCUT2D eigenvalue weighted by atomic mass is 9.87. The number of benzene rings is 11. The lowest BCUT2D eigenvalue weighted by Gasteiger charge is -2.21. The van der Waals surface area contributed by atoms with Gasteiger partial charge in [0.2, 0.25) is 0 Å². The van der Waals surface area contributed by atoms with Crippen LogP contribution in [0.1, 0.15) is 23.7 Å². The lowest BCUT2D eigenvalue weighted by molar-refractivity contribution is 0.852. The monoisotopic (exact) mass is 1030 g/mol. The second kappa shape index (κ2) is 19.0. The van der Waals surface area contributed by atoms with E-state index >= 15 is 0 Å². The summed E-state index contributed by atoms with van der Waals surface area (Å²) in [5.74, 6) is 2.04. The molecule has 6 nitrogen and oxygen atoms in total. The molecular formula is C75H50N6. The predicted molar refractivity (Wildman–Crippen MR) is 336 cm³/mol. The van der Waals surface area contributed by atoms with Crippen molar-refractivity contribution in [2.24, 2.45) is 0 Å². The average molecular weight is 1040 g/mol. The summed E-state index contributed by atoms with van der Waals surface area (Å²) in [5.41, 5.74) is 19.3. The Balaban J connectivity index is 0.798. The van der Waals surface area contributed by atoms with Crippen LogP contribution in [0.3, 0.4) is 0 Å². The minimum Gasteiger partial charge on any atom is -0.309 e. The highest BCUT2D eigenvalue weighted by molar-refractivity contribution is 6.13. The molecule has 15 aromatic rings.